The molecule has 3 rings (SSSR count). The number of hydrogen-bond donors (Lipinski definition) is 1. The van der Waals surface area contributed by atoms with E-state index < -0.39 is 6.61 Å². The topological polar surface area (TPSA) is 77.2 Å². The predicted octanol–water partition coefficient (Wildman–Crippen LogP) is 4.40. The number of thioether (sulfide) groups is 1. The monoisotopic (exact) mass is 425 g/mol. The third-order valence-electron chi connectivity index (χ3n) is 3.46. The SMILES string of the molecule is O=C(CSc1nnc(-c2ccc(Cl)cc2)o1)NCc1ccc(OC(F)F)cc1. The molecule has 0 saturated carbocycles. The number of rotatable bonds is 8. The van der Waals surface area contributed by atoms with Crippen LogP contribution in [0.25, 0.3) is 11.5 Å². The van der Waals surface area contributed by atoms with Crippen LogP contribution in [0.5, 0.6) is 5.75 Å². The van der Waals surface area contributed by atoms with Crippen LogP contribution in [0.2, 0.25) is 5.02 Å². The highest BCUT2D eigenvalue weighted by molar-refractivity contribution is 7.99. The summed E-state index contributed by atoms with van der Waals surface area (Å²) in [4.78, 5) is 12.0. The molecule has 0 unspecified atom stereocenters. The van der Waals surface area contributed by atoms with E-state index in [0.717, 1.165) is 22.9 Å². The summed E-state index contributed by atoms with van der Waals surface area (Å²) in [5, 5.41) is 11.4. The molecule has 0 aliphatic rings. The van der Waals surface area contributed by atoms with E-state index in [0.29, 0.717) is 10.9 Å². The molecule has 3 aromatic rings. The van der Waals surface area contributed by atoms with Gasteiger partial charge in [0.15, 0.2) is 0 Å². The summed E-state index contributed by atoms with van der Waals surface area (Å²) in [5.74, 6) is 0.262. The molecule has 0 saturated heterocycles. The highest BCUT2D eigenvalue weighted by Gasteiger charge is 2.11. The molecule has 1 heterocycles. The van der Waals surface area contributed by atoms with E-state index in [-0.39, 0.29) is 29.2 Å². The van der Waals surface area contributed by atoms with Crippen molar-refractivity contribution in [3.8, 4) is 17.2 Å². The van der Waals surface area contributed by atoms with Crippen LogP contribution in [0.3, 0.4) is 0 Å². The van der Waals surface area contributed by atoms with Gasteiger partial charge in [-0.05, 0) is 42.0 Å². The van der Waals surface area contributed by atoms with E-state index in [1.165, 1.54) is 12.1 Å². The molecule has 0 atom stereocenters. The van der Waals surface area contributed by atoms with Crippen molar-refractivity contribution in [2.75, 3.05) is 5.75 Å². The van der Waals surface area contributed by atoms with E-state index in [2.05, 4.69) is 20.3 Å². The van der Waals surface area contributed by atoms with E-state index in [1.54, 1.807) is 36.4 Å². The van der Waals surface area contributed by atoms with Gasteiger partial charge in [-0.25, -0.2) is 0 Å². The quantitative estimate of drug-likeness (QED) is 0.539. The third-order valence-corrected chi connectivity index (χ3v) is 4.53. The van der Waals surface area contributed by atoms with Gasteiger partial charge in [0.25, 0.3) is 5.22 Å². The standard InChI is InChI=1S/C18H14ClF2N3O3S/c19-13-5-3-12(4-6-13)16-23-24-18(27-16)28-10-15(25)22-9-11-1-7-14(8-2-11)26-17(20)21/h1-8,17H,9-10H2,(H,22,25). The Bertz CT molecular complexity index is 921. The number of aromatic nitrogens is 2. The van der Waals surface area contributed by atoms with Crippen LogP contribution in [0.15, 0.2) is 58.2 Å². The predicted molar refractivity (Wildman–Crippen MR) is 100 cm³/mol. The van der Waals surface area contributed by atoms with Gasteiger partial charge in [-0.3, -0.25) is 4.79 Å². The summed E-state index contributed by atoms with van der Waals surface area (Å²) >= 11 is 6.95. The molecule has 146 valence electrons. The summed E-state index contributed by atoms with van der Waals surface area (Å²) < 4.78 is 34.0. The van der Waals surface area contributed by atoms with Gasteiger partial charge in [0.1, 0.15) is 5.75 Å². The summed E-state index contributed by atoms with van der Waals surface area (Å²) in [6.07, 6.45) is 0. The number of nitrogens with one attached hydrogen (secondary N) is 1. The molecule has 28 heavy (non-hydrogen) atoms. The average molecular weight is 426 g/mol. The Labute approximate surface area is 168 Å². The minimum Gasteiger partial charge on any atom is -0.435 e. The second-order valence-corrected chi connectivity index (χ2v) is 6.83. The number of halogens is 3. The normalized spacial score (nSPS) is 10.9. The second-order valence-electron chi connectivity index (χ2n) is 5.47. The highest BCUT2D eigenvalue weighted by atomic mass is 35.5. The van der Waals surface area contributed by atoms with E-state index in [4.69, 9.17) is 16.0 Å². The van der Waals surface area contributed by atoms with Gasteiger partial charge >= 0.3 is 6.61 Å². The van der Waals surface area contributed by atoms with Gasteiger partial charge < -0.3 is 14.5 Å². The molecule has 1 amide bonds. The van der Waals surface area contributed by atoms with Crippen molar-refractivity contribution < 1.29 is 22.7 Å². The van der Waals surface area contributed by atoms with Crippen molar-refractivity contribution in [3.05, 3.63) is 59.1 Å². The number of hydrogen-bond acceptors (Lipinski definition) is 6. The maximum absolute atomic E-state index is 12.1. The van der Waals surface area contributed by atoms with Crippen molar-refractivity contribution in [1.29, 1.82) is 0 Å². The van der Waals surface area contributed by atoms with Gasteiger partial charge in [0.05, 0.1) is 5.75 Å². The second kappa shape index (κ2) is 9.52. The van der Waals surface area contributed by atoms with Gasteiger partial charge in [-0.1, -0.05) is 35.5 Å². The zero-order valence-electron chi connectivity index (χ0n) is 14.3. The maximum Gasteiger partial charge on any atom is 0.387 e. The van der Waals surface area contributed by atoms with Crippen molar-refractivity contribution in [1.82, 2.24) is 15.5 Å². The first kappa shape index (κ1) is 20.1. The fraction of sp³-hybridized carbons (Fsp3) is 0.167. The van der Waals surface area contributed by atoms with Crippen LogP contribution in [-0.4, -0.2) is 28.5 Å². The Morgan fingerprint density at radius 2 is 1.86 bits per heavy atom. The Balaban J connectivity index is 1.45. The lowest BCUT2D eigenvalue weighted by Crippen LogP contribution is -2.24. The molecule has 0 spiro atoms. The Morgan fingerprint density at radius 3 is 2.54 bits per heavy atom. The van der Waals surface area contributed by atoms with Crippen molar-refractivity contribution in [3.63, 3.8) is 0 Å². The van der Waals surface area contributed by atoms with Crippen LogP contribution >= 0.6 is 23.4 Å². The number of ether oxygens (including phenoxy) is 1. The fourth-order valence-electron chi connectivity index (χ4n) is 2.14. The van der Waals surface area contributed by atoms with Crippen LogP contribution in [0.1, 0.15) is 5.56 Å². The minimum atomic E-state index is -2.87. The van der Waals surface area contributed by atoms with E-state index >= 15 is 0 Å². The molecule has 0 radical (unpaired) electrons. The molecule has 0 fully saturated rings. The molecular weight excluding hydrogens is 412 g/mol. The van der Waals surface area contributed by atoms with E-state index in [9.17, 15) is 13.6 Å². The lowest BCUT2D eigenvalue weighted by Gasteiger charge is -2.07. The van der Waals surface area contributed by atoms with Crippen LogP contribution < -0.4 is 10.1 Å². The van der Waals surface area contributed by atoms with Crippen LogP contribution in [0.4, 0.5) is 8.78 Å². The molecule has 10 heteroatoms. The van der Waals surface area contributed by atoms with Gasteiger partial charge in [0.2, 0.25) is 11.8 Å². The number of alkyl halides is 2. The van der Waals surface area contributed by atoms with Crippen molar-refractivity contribution >= 4 is 29.3 Å². The van der Waals surface area contributed by atoms with Crippen molar-refractivity contribution in [2.45, 2.75) is 18.4 Å². The molecule has 0 aliphatic carbocycles. The number of benzene rings is 2. The largest absolute Gasteiger partial charge is 0.435 e. The lowest BCUT2D eigenvalue weighted by atomic mass is 10.2. The molecular formula is C18H14ClF2N3O3S. The fourth-order valence-corrected chi connectivity index (χ4v) is 2.86. The van der Waals surface area contributed by atoms with Crippen LogP contribution in [0, 0.1) is 0 Å². The smallest absolute Gasteiger partial charge is 0.387 e. The zero-order chi connectivity index (χ0) is 19.9. The average Bonchev–Trinajstić information content (AvgIpc) is 3.15. The Kier molecular flexibility index (Phi) is 6.83. The first-order valence-corrected chi connectivity index (χ1v) is 9.38. The highest BCUT2D eigenvalue weighted by Crippen LogP contribution is 2.24. The number of amides is 1. The minimum absolute atomic E-state index is 0.0634. The first-order chi connectivity index (χ1) is 13.5. The van der Waals surface area contributed by atoms with Crippen LogP contribution in [-0.2, 0) is 11.3 Å². The maximum atomic E-state index is 12.1. The summed E-state index contributed by atoms with van der Waals surface area (Å²) in [6, 6.07) is 13.0. The Morgan fingerprint density at radius 1 is 1.14 bits per heavy atom. The molecule has 1 N–H and O–H groups in total. The molecule has 0 bridgehead atoms. The molecule has 1 aromatic heterocycles. The summed E-state index contributed by atoms with van der Waals surface area (Å²) in [5.41, 5.74) is 1.48. The summed E-state index contributed by atoms with van der Waals surface area (Å²) in [7, 11) is 0. The summed E-state index contributed by atoms with van der Waals surface area (Å²) in [6.45, 7) is -2.61. The first-order valence-electron chi connectivity index (χ1n) is 8.02. The van der Waals surface area contributed by atoms with E-state index in [1.807, 2.05) is 0 Å². The molecule has 2 aromatic carbocycles. The zero-order valence-corrected chi connectivity index (χ0v) is 15.8. The molecule has 6 nitrogen and oxygen atoms in total. The number of carbonyl (C=O) groups is 1. The number of nitrogens with zero attached hydrogens (tertiary/aromatic N) is 2. The van der Waals surface area contributed by atoms with Gasteiger partial charge in [-0.2, -0.15) is 8.78 Å². The molecule has 0 aliphatic heterocycles. The Hall–Kier alpha value is -2.65. The van der Waals surface area contributed by atoms with Crippen molar-refractivity contribution in [2.24, 2.45) is 0 Å². The lowest BCUT2D eigenvalue weighted by molar-refractivity contribution is -0.118. The van der Waals surface area contributed by atoms with Gasteiger partial charge in [0, 0.05) is 17.1 Å². The van der Waals surface area contributed by atoms with Gasteiger partial charge in [-0.15, -0.1) is 10.2 Å². The third kappa shape index (κ3) is 5.93. The number of carbonyl (C=O) groups excluding carboxylic acids is 1.